The van der Waals surface area contributed by atoms with Crippen LogP contribution in [0.15, 0.2) is 70.8 Å². The molecular weight excluding hydrogens is 400 g/mol. The van der Waals surface area contributed by atoms with Crippen LogP contribution in [0.2, 0.25) is 0 Å². The fraction of sp³-hybridized carbons (Fsp3) is 0.130. The normalized spacial score (nSPS) is 14.9. The van der Waals surface area contributed by atoms with E-state index in [1.807, 2.05) is 55.5 Å². The van der Waals surface area contributed by atoms with E-state index >= 15 is 0 Å². The highest BCUT2D eigenvalue weighted by atomic mass is 32.1. The van der Waals surface area contributed by atoms with Gasteiger partial charge in [-0.3, -0.25) is 9.69 Å². The van der Waals surface area contributed by atoms with E-state index in [1.54, 1.807) is 25.3 Å². The number of amides is 1. The molecule has 1 fully saturated rings. The number of para-hydroxylation sites is 2. The van der Waals surface area contributed by atoms with Gasteiger partial charge in [0.05, 0.1) is 12.8 Å². The molecule has 0 aliphatic carbocycles. The lowest BCUT2D eigenvalue weighted by molar-refractivity contribution is -0.113. The second kappa shape index (κ2) is 8.42. The maximum Gasteiger partial charge on any atom is 0.281 e. The fourth-order valence-electron chi connectivity index (χ4n) is 3.12. The summed E-state index contributed by atoms with van der Waals surface area (Å²) in [7, 11) is 1.59. The Morgan fingerprint density at radius 3 is 2.67 bits per heavy atom. The van der Waals surface area contributed by atoms with Crippen molar-refractivity contribution in [3.8, 4) is 11.5 Å². The molecule has 4 rings (SSSR count). The van der Waals surface area contributed by atoms with Crippen LogP contribution in [0.3, 0.4) is 0 Å². The third-order valence-electron chi connectivity index (χ3n) is 4.55. The molecule has 2 heterocycles. The molecule has 0 saturated carbocycles. The molecule has 0 unspecified atom stereocenters. The number of carbonyl (C=O) groups is 1. The zero-order valence-electron chi connectivity index (χ0n) is 16.5. The molecule has 1 aliphatic heterocycles. The van der Waals surface area contributed by atoms with Gasteiger partial charge in [-0.2, -0.15) is 0 Å². The summed E-state index contributed by atoms with van der Waals surface area (Å²) in [6.45, 7) is 2.20. The van der Waals surface area contributed by atoms with Gasteiger partial charge in [0.2, 0.25) is 0 Å². The highest BCUT2D eigenvalue weighted by Gasteiger charge is 2.32. The molecule has 1 saturated heterocycles. The number of anilines is 1. The number of aryl methyl sites for hydroxylation is 1. The van der Waals surface area contributed by atoms with E-state index in [-0.39, 0.29) is 12.5 Å². The van der Waals surface area contributed by atoms with E-state index in [0.29, 0.717) is 33.8 Å². The number of benzene rings is 2. The van der Waals surface area contributed by atoms with Crippen molar-refractivity contribution in [2.75, 3.05) is 12.0 Å². The zero-order valence-corrected chi connectivity index (χ0v) is 17.4. The molecule has 3 aromatic rings. The van der Waals surface area contributed by atoms with Gasteiger partial charge in [0.25, 0.3) is 5.91 Å². The Hall–Kier alpha value is -3.58. The predicted molar refractivity (Wildman–Crippen MR) is 118 cm³/mol. The van der Waals surface area contributed by atoms with Gasteiger partial charge >= 0.3 is 0 Å². The SMILES string of the molecule is COc1ccccc1OCc1ccc(/C=C2/NC(=S)N(c3cccc(C)c3)C2=O)o1. The number of nitrogens with one attached hydrogen (secondary N) is 1. The fourth-order valence-corrected chi connectivity index (χ4v) is 3.41. The van der Waals surface area contributed by atoms with Crippen LogP contribution in [0, 0.1) is 6.92 Å². The average molecular weight is 420 g/mol. The van der Waals surface area contributed by atoms with Crippen molar-refractivity contribution in [2.45, 2.75) is 13.5 Å². The molecule has 1 aromatic heterocycles. The summed E-state index contributed by atoms with van der Waals surface area (Å²) in [4.78, 5) is 14.3. The van der Waals surface area contributed by atoms with E-state index in [4.69, 9.17) is 26.1 Å². The number of hydrogen-bond acceptors (Lipinski definition) is 5. The third kappa shape index (κ3) is 4.06. The summed E-state index contributed by atoms with van der Waals surface area (Å²) < 4.78 is 16.8. The first-order valence-corrected chi connectivity index (χ1v) is 9.74. The maximum atomic E-state index is 12.8. The Morgan fingerprint density at radius 2 is 1.90 bits per heavy atom. The minimum Gasteiger partial charge on any atom is -0.493 e. The second-order valence-corrected chi connectivity index (χ2v) is 7.10. The molecule has 0 spiro atoms. The van der Waals surface area contributed by atoms with Crippen LogP contribution >= 0.6 is 12.2 Å². The molecule has 7 heteroatoms. The van der Waals surface area contributed by atoms with E-state index < -0.39 is 0 Å². The Labute approximate surface area is 179 Å². The van der Waals surface area contributed by atoms with Gasteiger partial charge in [-0.05, 0) is 61.1 Å². The van der Waals surface area contributed by atoms with Crippen molar-refractivity contribution in [2.24, 2.45) is 0 Å². The minimum absolute atomic E-state index is 0.228. The summed E-state index contributed by atoms with van der Waals surface area (Å²) in [5.41, 5.74) is 2.13. The maximum absolute atomic E-state index is 12.8. The smallest absolute Gasteiger partial charge is 0.281 e. The first-order valence-electron chi connectivity index (χ1n) is 9.33. The molecule has 2 aromatic carbocycles. The lowest BCUT2D eigenvalue weighted by Crippen LogP contribution is -2.30. The molecule has 0 atom stereocenters. The number of ether oxygens (including phenoxy) is 2. The van der Waals surface area contributed by atoms with Crippen molar-refractivity contribution in [1.82, 2.24) is 5.32 Å². The number of thiocarbonyl (C=S) groups is 1. The van der Waals surface area contributed by atoms with Gasteiger partial charge in [-0.15, -0.1) is 0 Å². The summed E-state index contributed by atoms with van der Waals surface area (Å²) in [6.07, 6.45) is 1.64. The van der Waals surface area contributed by atoms with Crippen LogP contribution in [0.5, 0.6) is 11.5 Å². The van der Waals surface area contributed by atoms with E-state index in [9.17, 15) is 4.79 Å². The first-order chi connectivity index (χ1) is 14.5. The van der Waals surface area contributed by atoms with Crippen molar-refractivity contribution in [1.29, 1.82) is 0 Å². The summed E-state index contributed by atoms with van der Waals surface area (Å²) in [5, 5.41) is 3.30. The van der Waals surface area contributed by atoms with Gasteiger partial charge in [0, 0.05) is 6.08 Å². The van der Waals surface area contributed by atoms with Crippen molar-refractivity contribution < 1.29 is 18.7 Å². The van der Waals surface area contributed by atoms with Crippen molar-refractivity contribution in [3.63, 3.8) is 0 Å². The number of nitrogens with zero attached hydrogens (tertiary/aromatic N) is 1. The second-order valence-electron chi connectivity index (χ2n) is 6.71. The standard InChI is InChI=1S/C23H20N2O4S/c1-15-6-5-7-16(12-15)25-22(26)19(24-23(25)30)13-17-10-11-18(29-17)14-28-21-9-4-3-8-20(21)27-2/h3-13H,14H2,1-2H3,(H,24,30)/b19-13+. The average Bonchev–Trinajstić information content (AvgIpc) is 3.30. The quantitative estimate of drug-likeness (QED) is 0.470. The summed E-state index contributed by atoms with van der Waals surface area (Å²) >= 11 is 5.35. The number of rotatable bonds is 6. The number of methoxy groups -OCH3 is 1. The highest BCUT2D eigenvalue weighted by Crippen LogP contribution is 2.27. The molecular formula is C23H20N2O4S. The summed E-state index contributed by atoms with van der Waals surface area (Å²) in [5.74, 6) is 2.20. The number of carbonyl (C=O) groups excluding carboxylic acids is 1. The topological polar surface area (TPSA) is 63.9 Å². The lowest BCUT2D eigenvalue weighted by Gasteiger charge is -2.14. The van der Waals surface area contributed by atoms with Crippen LogP contribution in [-0.4, -0.2) is 18.1 Å². The first kappa shape index (κ1) is 19.7. The van der Waals surface area contributed by atoms with E-state index in [2.05, 4.69) is 5.32 Å². The van der Waals surface area contributed by atoms with Crippen LogP contribution in [0.25, 0.3) is 6.08 Å². The Balaban J connectivity index is 1.47. The number of furan rings is 1. The molecule has 6 nitrogen and oxygen atoms in total. The monoisotopic (exact) mass is 420 g/mol. The molecule has 0 bridgehead atoms. The van der Waals surface area contributed by atoms with Crippen LogP contribution in [-0.2, 0) is 11.4 Å². The van der Waals surface area contributed by atoms with Crippen LogP contribution in [0.4, 0.5) is 5.69 Å². The van der Waals surface area contributed by atoms with Gasteiger partial charge < -0.3 is 19.2 Å². The minimum atomic E-state index is -0.228. The van der Waals surface area contributed by atoms with Crippen LogP contribution in [0.1, 0.15) is 17.1 Å². The molecule has 152 valence electrons. The van der Waals surface area contributed by atoms with E-state index in [1.165, 1.54) is 4.90 Å². The van der Waals surface area contributed by atoms with Crippen molar-refractivity contribution >= 4 is 35.0 Å². The molecule has 1 amide bonds. The molecule has 0 radical (unpaired) electrons. The van der Waals surface area contributed by atoms with Crippen LogP contribution < -0.4 is 19.7 Å². The Morgan fingerprint density at radius 1 is 1.10 bits per heavy atom. The Bertz CT molecular complexity index is 1140. The predicted octanol–water partition coefficient (Wildman–Crippen LogP) is 4.44. The van der Waals surface area contributed by atoms with Crippen molar-refractivity contribution in [3.05, 3.63) is 83.4 Å². The lowest BCUT2D eigenvalue weighted by atomic mass is 10.2. The van der Waals surface area contributed by atoms with Gasteiger partial charge in [-0.25, -0.2) is 0 Å². The molecule has 1 aliphatic rings. The largest absolute Gasteiger partial charge is 0.493 e. The zero-order chi connectivity index (χ0) is 21.1. The molecule has 1 N–H and O–H groups in total. The van der Waals surface area contributed by atoms with E-state index in [0.717, 1.165) is 11.3 Å². The number of hydrogen-bond donors (Lipinski definition) is 1. The molecule has 30 heavy (non-hydrogen) atoms. The van der Waals surface area contributed by atoms with Gasteiger partial charge in [0.15, 0.2) is 16.6 Å². The Kier molecular flexibility index (Phi) is 5.54. The third-order valence-corrected chi connectivity index (χ3v) is 4.83. The summed E-state index contributed by atoms with van der Waals surface area (Å²) in [6, 6.07) is 18.6. The van der Waals surface area contributed by atoms with Gasteiger partial charge in [0.1, 0.15) is 23.8 Å². The van der Waals surface area contributed by atoms with Gasteiger partial charge in [-0.1, -0.05) is 24.3 Å². The highest BCUT2D eigenvalue weighted by molar-refractivity contribution is 7.80.